The Kier molecular flexibility index (Phi) is 5.12. The molecule has 0 aliphatic heterocycles. The second-order valence-electron chi connectivity index (χ2n) is 4.54. The molecule has 0 bridgehead atoms. The first-order valence-corrected chi connectivity index (χ1v) is 7.21. The normalized spacial score (nSPS) is 10.5. The van der Waals surface area contributed by atoms with E-state index in [4.69, 9.17) is 23.2 Å². The maximum atomic E-state index is 6.14. The lowest BCUT2D eigenvalue weighted by Gasteiger charge is -2.09. The van der Waals surface area contributed by atoms with Crippen molar-refractivity contribution >= 4 is 28.9 Å². The maximum absolute atomic E-state index is 6.14. The molecule has 100 valence electrons. The van der Waals surface area contributed by atoms with Gasteiger partial charge in [-0.25, -0.2) is 0 Å². The van der Waals surface area contributed by atoms with E-state index >= 15 is 0 Å². The highest BCUT2D eigenvalue weighted by Gasteiger charge is 2.01. The van der Waals surface area contributed by atoms with Crippen LogP contribution in [0.2, 0.25) is 10.0 Å². The molecular formula is C16H17Cl2N. The molecule has 0 aliphatic rings. The van der Waals surface area contributed by atoms with E-state index in [0.29, 0.717) is 16.6 Å². The number of anilines is 1. The summed E-state index contributed by atoms with van der Waals surface area (Å²) in [6, 6.07) is 14.1. The minimum atomic E-state index is 0.665. The van der Waals surface area contributed by atoms with Gasteiger partial charge in [-0.05, 0) is 41.8 Å². The molecule has 3 heteroatoms. The third-order valence-electron chi connectivity index (χ3n) is 2.99. The van der Waals surface area contributed by atoms with E-state index in [0.717, 1.165) is 17.7 Å². The van der Waals surface area contributed by atoms with Crippen LogP contribution in [-0.4, -0.2) is 0 Å². The summed E-state index contributed by atoms with van der Waals surface area (Å²) in [7, 11) is 0. The fourth-order valence-corrected chi connectivity index (χ4v) is 2.42. The van der Waals surface area contributed by atoms with Crippen molar-refractivity contribution in [3.05, 3.63) is 63.6 Å². The number of nitrogens with one attached hydrogen (secondary N) is 1. The first kappa shape index (κ1) is 14.2. The SMILES string of the molecule is CCCc1ccc(NCc2ccc(Cl)cc2Cl)cc1. The third-order valence-corrected chi connectivity index (χ3v) is 3.58. The van der Waals surface area contributed by atoms with Gasteiger partial charge >= 0.3 is 0 Å². The summed E-state index contributed by atoms with van der Waals surface area (Å²) in [6.45, 7) is 2.89. The summed E-state index contributed by atoms with van der Waals surface area (Å²) in [4.78, 5) is 0. The molecule has 0 saturated heterocycles. The Morgan fingerprint density at radius 3 is 2.37 bits per heavy atom. The summed E-state index contributed by atoms with van der Waals surface area (Å²) >= 11 is 12.0. The minimum absolute atomic E-state index is 0.665. The summed E-state index contributed by atoms with van der Waals surface area (Å²) in [5.74, 6) is 0. The van der Waals surface area contributed by atoms with Crippen LogP contribution >= 0.6 is 23.2 Å². The Morgan fingerprint density at radius 2 is 1.74 bits per heavy atom. The zero-order valence-corrected chi connectivity index (χ0v) is 12.4. The van der Waals surface area contributed by atoms with Gasteiger partial charge in [0.05, 0.1) is 0 Å². The van der Waals surface area contributed by atoms with E-state index in [1.54, 1.807) is 6.07 Å². The smallest absolute Gasteiger partial charge is 0.0470 e. The zero-order valence-electron chi connectivity index (χ0n) is 10.9. The number of hydrogen-bond donors (Lipinski definition) is 1. The molecule has 0 atom stereocenters. The number of benzene rings is 2. The second kappa shape index (κ2) is 6.83. The van der Waals surface area contributed by atoms with Crippen LogP contribution in [0.5, 0.6) is 0 Å². The van der Waals surface area contributed by atoms with Gasteiger partial charge in [-0.2, -0.15) is 0 Å². The van der Waals surface area contributed by atoms with Gasteiger partial charge in [-0.15, -0.1) is 0 Å². The van der Waals surface area contributed by atoms with Crippen LogP contribution in [0.3, 0.4) is 0 Å². The molecule has 0 fully saturated rings. The van der Waals surface area contributed by atoms with E-state index in [9.17, 15) is 0 Å². The van der Waals surface area contributed by atoms with Crippen molar-refractivity contribution in [3.8, 4) is 0 Å². The third kappa shape index (κ3) is 4.15. The van der Waals surface area contributed by atoms with Crippen LogP contribution in [0.1, 0.15) is 24.5 Å². The van der Waals surface area contributed by atoms with E-state index in [1.807, 2.05) is 12.1 Å². The van der Waals surface area contributed by atoms with Crippen molar-refractivity contribution in [1.29, 1.82) is 0 Å². The summed E-state index contributed by atoms with van der Waals surface area (Å²) in [6.07, 6.45) is 2.30. The van der Waals surface area contributed by atoms with Crippen LogP contribution in [-0.2, 0) is 13.0 Å². The quantitative estimate of drug-likeness (QED) is 0.761. The van der Waals surface area contributed by atoms with E-state index < -0.39 is 0 Å². The second-order valence-corrected chi connectivity index (χ2v) is 5.38. The molecule has 0 heterocycles. The van der Waals surface area contributed by atoms with Crippen LogP contribution in [0.15, 0.2) is 42.5 Å². The molecule has 0 aromatic heterocycles. The van der Waals surface area contributed by atoms with Gasteiger partial charge in [0.2, 0.25) is 0 Å². The Hall–Kier alpha value is -1.18. The zero-order chi connectivity index (χ0) is 13.7. The average Bonchev–Trinajstić information content (AvgIpc) is 2.40. The molecule has 0 unspecified atom stereocenters. The van der Waals surface area contributed by atoms with Crippen LogP contribution in [0.25, 0.3) is 0 Å². The number of rotatable bonds is 5. The lowest BCUT2D eigenvalue weighted by atomic mass is 10.1. The predicted octanol–water partition coefficient (Wildman–Crippen LogP) is 5.56. The van der Waals surface area contributed by atoms with Crippen LogP contribution in [0, 0.1) is 0 Å². The first-order chi connectivity index (χ1) is 9.19. The highest BCUT2D eigenvalue weighted by molar-refractivity contribution is 6.35. The van der Waals surface area contributed by atoms with Gasteiger partial charge in [0.15, 0.2) is 0 Å². The molecule has 19 heavy (non-hydrogen) atoms. The summed E-state index contributed by atoms with van der Waals surface area (Å²) in [5.41, 5.74) is 3.52. The Morgan fingerprint density at radius 1 is 1.00 bits per heavy atom. The largest absolute Gasteiger partial charge is 0.381 e. The molecule has 0 radical (unpaired) electrons. The number of hydrogen-bond acceptors (Lipinski definition) is 1. The fraction of sp³-hybridized carbons (Fsp3) is 0.250. The molecule has 0 aliphatic carbocycles. The first-order valence-electron chi connectivity index (χ1n) is 6.46. The van der Waals surface area contributed by atoms with E-state index in [1.165, 1.54) is 12.0 Å². The molecule has 0 spiro atoms. The molecule has 2 rings (SSSR count). The van der Waals surface area contributed by atoms with E-state index in [2.05, 4.69) is 36.5 Å². The lowest BCUT2D eigenvalue weighted by molar-refractivity contribution is 0.922. The van der Waals surface area contributed by atoms with Gasteiger partial charge in [0.25, 0.3) is 0 Å². The molecular weight excluding hydrogens is 277 g/mol. The number of aryl methyl sites for hydroxylation is 1. The molecule has 0 amide bonds. The van der Waals surface area contributed by atoms with Crippen LogP contribution in [0.4, 0.5) is 5.69 Å². The standard InChI is InChI=1S/C16H17Cl2N/c1-2-3-12-4-8-15(9-5-12)19-11-13-6-7-14(17)10-16(13)18/h4-10,19H,2-3,11H2,1H3. The molecule has 1 nitrogen and oxygen atoms in total. The van der Waals surface area contributed by atoms with Crippen LogP contribution < -0.4 is 5.32 Å². The molecule has 2 aromatic rings. The Labute approximate surface area is 124 Å². The van der Waals surface area contributed by atoms with Crippen molar-refractivity contribution in [2.45, 2.75) is 26.3 Å². The highest BCUT2D eigenvalue weighted by Crippen LogP contribution is 2.22. The van der Waals surface area contributed by atoms with Gasteiger partial charge in [-0.3, -0.25) is 0 Å². The fourth-order valence-electron chi connectivity index (χ4n) is 1.94. The van der Waals surface area contributed by atoms with Gasteiger partial charge in [0, 0.05) is 22.3 Å². The van der Waals surface area contributed by atoms with Crippen molar-refractivity contribution in [2.75, 3.05) is 5.32 Å². The summed E-state index contributed by atoms with van der Waals surface area (Å²) < 4.78 is 0. The highest BCUT2D eigenvalue weighted by atomic mass is 35.5. The Balaban J connectivity index is 1.98. The topological polar surface area (TPSA) is 12.0 Å². The van der Waals surface area contributed by atoms with Gasteiger partial charge in [-0.1, -0.05) is 54.7 Å². The van der Waals surface area contributed by atoms with E-state index in [-0.39, 0.29) is 0 Å². The van der Waals surface area contributed by atoms with Gasteiger partial charge < -0.3 is 5.32 Å². The predicted molar refractivity (Wildman–Crippen MR) is 84.2 cm³/mol. The van der Waals surface area contributed by atoms with Crippen molar-refractivity contribution in [2.24, 2.45) is 0 Å². The molecule has 2 aromatic carbocycles. The minimum Gasteiger partial charge on any atom is -0.381 e. The van der Waals surface area contributed by atoms with Gasteiger partial charge in [0.1, 0.15) is 0 Å². The van der Waals surface area contributed by atoms with Crippen molar-refractivity contribution in [1.82, 2.24) is 0 Å². The molecule has 1 N–H and O–H groups in total. The number of halogens is 2. The van der Waals surface area contributed by atoms with Crippen molar-refractivity contribution in [3.63, 3.8) is 0 Å². The lowest BCUT2D eigenvalue weighted by Crippen LogP contribution is -2.00. The maximum Gasteiger partial charge on any atom is 0.0470 e. The molecule has 0 saturated carbocycles. The van der Waals surface area contributed by atoms with Crippen molar-refractivity contribution < 1.29 is 0 Å². The summed E-state index contributed by atoms with van der Waals surface area (Å²) in [5, 5.41) is 4.72. The monoisotopic (exact) mass is 293 g/mol. The average molecular weight is 294 g/mol. The Bertz CT molecular complexity index is 535.